The predicted octanol–water partition coefficient (Wildman–Crippen LogP) is 5.45. The van der Waals surface area contributed by atoms with Crippen molar-refractivity contribution in [1.29, 1.82) is 0 Å². The molecule has 0 aliphatic heterocycles. The molecule has 32 heavy (non-hydrogen) atoms. The van der Waals surface area contributed by atoms with E-state index in [4.69, 9.17) is 23.2 Å². The average molecular weight is 468 g/mol. The Morgan fingerprint density at radius 2 is 1.47 bits per heavy atom. The van der Waals surface area contributed by atoms with Crippen LogP contribution in [0.4, 0.5) is 5.69 Å². The van der Waals surface area contributed by atoms with Gasteiger partial charge in [0.1, 0.15) is 0 Å². The predicted molar refractivity (Wildman–Crippen MR) is 135 cm³/mol. The average Bonchev–Trinajstić information content (AvgIpc) is 2.84. The van der Waals surface area contributed by atoms with E-state index in [9.17, 15) is 4.79 Å². The Hall–Kier alpha value is -2.82. The fourth-order valence-corrected chi connectivity index (χ4v) is 3.90. The summed E-state index contributed by atoms with van der Waals surface area (Å²) in [6.07, 6.45) is 2.26. The van der Waals surface area contributed by atoms with Crippen molar-refractivity contribution < 1.29 is 4.79 Å². The maximum atomic E-state index is 13.0. The summed E-state index contributed by atoms with van der Waals surface area (Å²) in [7, 11) is 0. The molecule has 1 atom stereocenters. The molecule has 0 unspecified atom stereocenters. The number of halogens is 2. The molecule has 4 nitrogen and oxygen atoms in total. The highest BCUT2D eigenvalue weighted by Gasteiger charge is 2.20. The Labute approximate surface area is 199 Å². The van der Waals surface area contributed by atoms with Crippen LogP contribution < -0.4 is 10.3 Å². The van der Waals surface area contributed by atoms with Gasteiger partial charge >= 0.3 is 0 Å². The molecule has 3 aromatic rings. The van der Waals surface area contributed by atoms with Crippen LogP contribution in [0.2, 0.25) is 0 Å². The molecule has 6 heteroatoms. The molecule has 1 N–H and O–H groups in total. The first-order valence-electron chi connectivity index (χ1n) is 10.6. The fraction of sp³-hybridized carbons (Fsp3) is 0.231. The van der Waals surface area contributed by atoms with Crippen LogP contribution in [0.3, 0.4) is 0 Å². The van der Waals surface area contributed by atoms with E-state index < -0.39 is 0 Å². The van der Waals surface area contributed by atoms with Crippen molar-refractivity contribution in [3.63, 3.8) is 0 Å². The summed E-state index contributed by atoms with van der Waals surface area (Å²) in [4.78, 5) is 15.1. The number of hydrogen-bond acceptors (Lipinski definition) is 3. The first-order chi connectivity index (χ1) is 15.7. The quantitative estimate of drug-likeness (QED) is 0.231. The fourth-order valence-electron chi connectivity index (χ4n) is 3.49. The molecular weight excluding hydrogens is 441 g/mol. The summed E-state index contributed by atoms with van der Waals surface area (Å²) in [5, 5.41) is 4.20. The molecule has 0 fully saturated rings. The molecule has 3 rings (SSSR count). The van der Waals surface area contributed by atoms with Crippen LogP contribution in [0.15, 0.2) is 90.0 Å². The maximum absolute atomic E-state index is 13.0. The highest BCUT2D eigenvalue weighted by atomic mass is 35.5. The summed E-state index contributed by atoms with van der Waals surface area (Å²) in [5.74, 6) is 0.621. The third-order valence-electron chi connectivity index (χ3n) is 5.16. The van der Waals surface area contributed by atoms with Crippen molar-refractivity contribution in [1.82, 2.24) is 5.43 Å². The van der Waals surface area contributed by atoms with Crippen molar-refractivity contribution in [2.45, 2.75) is 12.3 Å². The normalized spacial score (nSPS) is 11.9. The number of hydrogen-bond donors (Lipinski definition) is 1. The van der Waals surface area contributed by atoms with Gasteiger partial charge in [-0.2, -0.15) is 5.10 Å². The minimum absolute atomic E-state index is 0.136. The zero-order valence-electron chi connectivity index (χ0n) is 17.8. The number of alkyl halides is 2. The van der Waals surface area contributed by atoms with Gasteiger partial charge in [0, 0.05) is 30.5 Å². The Balaban J connectivity index is 1.66. The van der Waals surface area contributed by atoms with Gasteiger partial charge in [-0.1, -0.05) is 72.8 Å². The molecule has 0 spiro atoms. The summed E-state index contributed by atoms with van der Waals surface area (Å²) < 4.78 is 0. The summed E-state index contributed by atoms with van der Waals surface area (Å²) in [6.45, 7) is 1.47. The number of benzene rings is 3. The van der Waals surface area contributed by atoms with Gasteiger partial charge < -0.3 is 4.90 Å². The van der Waals surface area contributed by atoms with E-state index in [2.05, 4.69) is 15.4 Å². The lowest BCUT2D eigenvalue weighted by Gasteiger charge is -2.22. The molecule has 1 amide bonds. The van der Waals surface area contributed by atoms with Crippen LogP contribution in [0.1, 0.15) is 22.6 Å². The maximum Gasteiger partial charge on any atom is 0.247 e. The number of nitrogens with one attached hydrogen (secondary N) is 1. The van der Waals surface area contributed by atoms with Gasteiger partial charge in [-0.25, -0.2) is 5.43 Å². The Morgan fingerprint density at radius 3 is 2.06 bits per heavy atom. The third kappa shape index (κ3) is 7.11. The van der Waals surface area contributed by atoms with Crippen LogP contribution in [0.25, 0.3) is 0 Å². The Morgan fingerprint density at radius 1 is 0.875 bits per heavy atom. The van der Waals surface area contributed by atoms with Gasteiger partial charge in [0.15, 0.2) is 0 Å². The summed E-state index contributed by atoms with van der Waals surface area (Å²) in [6, 6.07) is 27.7. The van der Waals surface area contributed by atoms with Crippen LogP contribution in [-0.4, -0.2) is 37.0 Å². The van der Waals surface area contributed by atoms with E-state index in [1.807, 2.05) is 84.9 Å². The van der Waals surface area contributed by atoms with Gasteiger partial charge in [-0.05, 0) is 35.2 Å². The molecule has 0 saturated heterocycles. The summed E-state index contributed by atoms with van der Waals surface area (Å²) >= 11 is 11.8. The van der Waals surface area contributed by atoms with Crippen molar-refractivity contribution in [3.8, 4) is 0 Å². The lowest BCUT2D eigenvalue weighted by molar-refractivity contribution is -0.122. The van der Waals surface area contributed by atoms with Crippen LogP contribution >= 0.6 is 23.2 Å². The molecule has 3 aromatic carbocycles. The minimum Gasteiger partial charge on any atom is -0.369 e. The van der Waals surface area contributed by atoms with Crippen LogP contribution in [0, 0.1) is 0 Å². The zero-order chi connectivity index (χ0) is 22.6. The number of carbonyl (C=O) groups excluding carboxylic acids is 1. The van der Waals surface area contributed by atoms with Crippen LogP contribution in [-0.2, 0) is 11.2 Å². The molecule has 0 saturated carbocycles. The number of anilines is 1. The summed E-state index contributed by atoms with van der Waals surface area (Å²) in [5.41, 5.74) is 6.73. The lowest BCUT2D eigenvalue weighted by atomic mass is 9.91. The lowest BCUT2D eigenvalue weighted by Crippen LogP contribution is -2.27. The Kier molecular flexibility index (Phi) is 9.60. The molecule has 0 aliphatic carbocycles. The molecule has 0 heterocycles. The number of nitrogens with zero attached hydrogens (tertiary/aromatic N) is 2. The number of rotatable bonds is 11. The first-order valence-corrected chi connectivity index (χ1v) is 11.7. The van der Waals surface area contributed by atoms with Gasteiger partial charge in [0.2, 0.25) is 5.91 Å². The highest BCUT2D eigenvalue weighted by Crippen LogP contribution is 2.21. The second kappa shape index (κ2) is 12.9. The third-order valence-corrected chi connectivity index (χ3v) is 5.49. The largest absolute Gasteiger partial charge is 0.369 e. The molecule has 0 bridgehead atoms. The van der Waals surface area contributed by atoms with Crippen molar-refractivity contribution in [2.24, 2.45) is 5.10 Å². The van der Waals surface area contributed by atoms with E-state index in [1.165, 1.54) is 0 Å². The van der Waals surface area contributed by atoms with Crippen molar-refractivity contribution >= 4 is 41.0 Å². The molecule has 0 aliphatic rings. The van der Waals surface area contributed by atoms with E-state index >= 15 is 0 Å². The first kappa shape index (κ1) is 23.8. The second-order valence-corrected chi connectivity index (χ2v) is 8.10. The van der Waals surface area contributed by atoms with Crippen molar-refractivity contribution in [2.75, 3.05) is 29.7 Å². The smallest absolute Gasteiger partial charge is 0.247 e. The Bertz CT molecular complexity index is 973. The minimum atomic E-state index is -0.321. The van der Waals surface area contributed by atoms with Gasteiger partial charge in [-0.3, -0.25) is 4.79 Å². The monoisotopic (exact) mass is 467 g/mol. The molecule has 0 aromatic heterocycles. The van der Waals surface area contributed by atoms with Gasteiger partial charge in [-0.15, -0.1) is 23.2 Å². The van der Waals surface area contributed by atoms with Crippen LogP contribution in [0.5, 0.6) is 0 Å². The topological polar surface area (TPSA) is 44.7 Å². The standard InChI is InChI=1S/C26H27Cl2N3O/c27-15-17-31(18-16-28)24-13-11-22(12-14-24)20-29-30-26(32)25(23-9-5-2-6-10-23)19-21-7-3-1-4-8-21/h1-14,20,25H,15-19H2,(H,30,32)/b29-20-/t25-/m0/s1. The number of hydrazone groups is 1. The van der Waals surface area contributed by atoms with E-state index in [-0.39, 0.29) is 11.8 Å². The number of carbonyl (C=O) groups is 1. The SMILES string of the molecule is O=C(N/N=C\c1ccc(N(CCCl)CCCl)cc1)[C@@H](Cc1ccccc1)c1ccccc1. The van der Waals surface area contributed by atoms with Gasteiger partial charge in [0.05, 0.1) is 12.1 Å². The second-order valence-electron chi connectivity index (χ2n) is 7.34. The number of amides is 1. The van der Waals surface area contributed by atoms with E-state index in [1.54, 1.807) is 6.21 Å². The zero-order valence-corrected chi connectivity index (χ0v) is 19.3. The molecular formula is C26H27Cl2N3O. The van der Waals surface area contributed by atoms with Crippen molar-refractivity contribution in [3.05, 3.63) is 102 Å². The highest BCUT2D eigenvalue weighted by molar-refractivity contribution is 6.18. The molecule has 166 valence electrons. The van der Waals surface area contributed by atoms with E-state index in [0.29, 0.717) is 18.2 Å². The van der Waals surface area contributed by atoms with E-state index in [0.717, 1.165) is 35.5 Å². The molecule has 0 radical (unpaired) electrons. The van der Waals surface area contributed by atoms with Gasteiger partial charge in [0.25, 0.3) is 0 Å².